The van der Waals surface area contributed by atoms with E-state index in [0.29, 0.717) is 12.5 Å². The van der Waals surface area contributed by atoms with Crippen LogP contribution >= 0.6 is 11.6 Å². The van der Waals surface area contributed by atoms with Crippen molar-refractivity contribution in [2.24, 2.45) is 5.92 Å². The smallest absolute Gasteiger partial charge is 0.238 e. The molecule has 0 aromatic heterocycles. The summed E-state index contributed by atoms with van der Waals surface area (Å²) in [6.07, 6.45) is 10.5. The van der Waals surface area contributed by atoms with Crippen molar-refractivity contribution in [3.05, 3.63) is 36.0 Å². The molecule has 0 aromatic carbocycles. The number of carbonyl (C=O) groups excluding carboxylic acids is 1. The van der Waals surface area contributed by atoms with Gasteiger partial charge in [0.15, 0.2) is 11.6 Å². The summed E-state index contributed by atoms with van der Waals surface area (Å²) in [5.74, 6) is -0.117. The average molecular weight is 302 g/mol. The first kappa shape index (κ1) is 16.8. The van der Waals surface area contributed by atoms with Gasteiger partial charge in [0.05, 0.1) is 6.61 Å². The Bertz CT molecular complexity index is 399. The number of carbonyl (C=O) groups is 1. The third kappa shape index (κ3) is 6.24. The minimum atomic E-state index is -0.406. The molecule has 1 saturated carbocycles. The van der Waals surface area contributed by atoms with E-state index in [4.69, 9.17) is 16.3 Å². The van der Waals surface area contributed by atoms with Gasteiger partial charge in [0.25, 0.3) is 0 Å². The van der Waals surface area contributed by atoms with E-state index in [1.54, 1.807) is 6.92 Å². The third-order valence-electron chi connectivity index (χ3n) is 3.15. The Morgan fingerprint density at radius 3 is 2.75 bits per heavy atom. The molecule has 1 rings (SSSR count). The van der Waals surface area contributed by atoms with Crippen LogP contribution in [0.3, 0.4) is 0 Å². The number of halogens is 2. The summed E-state index contributed by atoms with van der Waals surface area (Å²) in [5.41, 5.74) is 0. The van der Waals surface area contributed by atoms with Gasteiger partial charge in [-0.3, -0.25) is 4.79 Å². The number of ether oxygens (including phenoxy) is 1. The van der Waals surface area contributed by atoms with E-state index in [2.05, 4.69) is 5.32 Å². The van der Waals surface area contributed by atoms with Gasteiger partial charge < -0.3 is 10.1 Å². The van der Waals surface area contributed by atoms with Crippen molar-refractivity contribution in [2.45, 2.75) is 32.6 Å². The zero-order valence-corrected chi connectivity index (χ0v) is 12.5. The summed E-state index contributed by atoms with van der Waals surface area (Å²) in [6.45, 7) is 2.15. The number of alkyl halides is 1. The van der Waals surface area contributed by atoms with Crippen LogP contribution < -0.4 is 5.32 Å². The first-order chi connectivity index (χ1) is 9.67. The number of allylic oxidation sites excluding steroid dienone is 4. The van der Waals surface area contributed by atoms with Crippen LogP contribution in [0.15, 0.2) is 36.0 Å². The fourth-order valence-electron chi connectivity index (χ4n) is 2.04. The van der Waals surface area contributed by atoms with Crippen LogP contribution in [0, 0.1) is 5.92 Å². The van der Waals surface area contributed by atoms with E-state index in [1.807, 2.05) is 0 Å². The van der Waals surface area contributed by atoms with Crippen LogP contribution in [0.4, 0.5) is 4.39 Å². The molecular formula is C15H21ClFNO2. The molecule has 5 heteroatoms. The second kappa shape index (κ2) is 9.59. The first-order valence-corrected chi connectivity index (χ1v) is 7.38. The maximum Gasteiger partial charge on any atom is 0.238 e. The Kier molecular flexibility index (Phi) is 8.04. The van der Waals surface area contributed by atoms with E-state index >= 15 is 0 Å². The second-order valence-electron chi connectivity index (χ2n) is 4.69. The molecule has 0 unspecified atom stereocenters. The maximum atomic E-state index is 13.6. The molecule has 1 N–H and O–H groups in total. The van der Waals surface area contributed by atoms with E-state index in [-0.39, 0.29) is 17.5 Å². The summed E-state index contributed by atoms with van der Waals surface area (Å²) < 4.78 is 19.2. The quantitative estimate of drug-likeness (QED) is 0.441. The molecule has 0 atom stereocenters. The molecule has 1 amide bonds. The molecule has 0 aromatic rings. The number of amides is 1. The molecule has 0 heterocycles. The molecule has 0 aliphatic heterocycles. The predicted molar refractivity (Wildman–Crippen MR) is 78.9 cm³/mol. The lowest BCUT2D eigenvalue weighted by atomic mass is 10.1. The number of nitrogens with one attached hydrogen (secondary N) is 1. The zero-order chi connectivity index (χ0) is 14.8. The summed E-state index contributed by atoms with van der Waals surface area (Å²) >= 11 is 5.33. The van der Waals surface area contributed by atoms with Gasteiger partial charge in [-0.1, -0.05) is 12.8 Å². The Hall–Kier alpha value is -1.29. The zero-order valence-electron chi connectivity index (χ0n) is 11.7. The molecule has 1 fully saturated rings. The van der Waals surface area contributed by atoms with Crippen molar-refractivity contribution in [1.82, 2.24) is 5.32 Å². The highest BCUT2D eigenvalue weighted by Crippen LogP contribution is 2.26. The van der Waals surface area contributed by atoms with Crippen LogP contribution in [0.1, 0.15) is 32.6 Å². The minimum absolute atomic E-state index is 0.109. The summed E-state index contributed by atoms with van der Waals surface area (Å²) in [6, 6.07) is 0. The monoisotopic (exact) mass is 301 g/mol. The highest BCUT2D eigenvalue weighted by atomic mass is 35.5. The minimum Gasteiger partial charge on any atom is -0.490 e. The SMILES string of the molecule is C\C=C(F)/C(=C\C=C\NC(=O)CCl)OCC1CCCC1. The molecule has 20 heavy (non-hydrogen) atoms. The largest absolute Gasteiger partial charge is 0.490 e. The topological polar surface area (TPSA) is 38.3 Å². The highest BCUT2D eigenvalue weighted by molar-refractivity contribution is 6.27. The van der Waals surface area contributed by atoms with Gasteiger partial charge >= 0.3 is 0 Å². The summed E-state index contributed by atoms with van der Waals surface area (Å²) in [4.78, 5) is 10.9. The molecule has 0 radical (unpaired) electrons. The van der Waals surface area contributed by atoms with Crippen molar-refractivity contribution in [1.29, 1.82) is 0 Å². The van der Waals surface area contributed by atoms with Gasteiger partial charge in [-0.2, -0.15) is 0 Å². The standard InChI is InChI=1S/C15H21ClFNO2/c1-2-13(17)14(8-5-9-18-15(19)10-16)20-11-12-6-3-4-7-12/h2,5,8-9,12H,3-4,6-7,10-11H2,1H3,(H,18,19)/b9-5+,13-2+,14-8+. The fraction of sp³-hybridized carbons (Fsp3) is 0.533. The average Bonchev–Trinajstić information content (AvgIpc) is 2.98. The van der Waals surface area contributed by atoms with Gasteiger partial charge in [-0.25, -0.2) is 4.39 Å². The van der Waals surface area contributed by atoms with E-state index in [1.165, 1.54) is 37.3 Å². The van der Waals surface area contributed by atoms with Crippen LogP contribution in [-0.2, 0) is 9.53 Å². The molecule has 0 saturated heterocycles. The Labute approximate surface area is 124 Å². The van der Waals surface area contributed by atoms with Crippen molar-refractivity contribution < 1.29 is 13.9 Å². The fourth-order valence-corrected chi connectivity index (χ4v) is 2.12. The van der Waals surface area contributed by atoms with Crippen LogP contribution in [0.5, 0.6) is 0 Å². The molecule has 1 aliphatic carbocycles. The lowest BCUT2D eigenvalue weighted by Crippen LogP contribution is -2.17. The Morgan fingerprint density at radius 2 is 2.15 bits per heavy atom. The molecule has 3 nitrogen and oxygen atoms in total. The van der Waals surface area contributed by atoms with Gasteiger partial charge in [0.1, 0.15) is 5.88 Å². The van der Waals surface area contributed by atoms with Crippen LogP contribution in [-0.4, -0.2) is 18.4 Å². The molecular weight excluding hydrogens is 281 g/mol. The highest BCUT2D eigenvalue weighted by Gasteiger charge is 2.16. The molecule has 0 spiro atoms. The summed E-state index contributed by atoms with van der Waals surface area (Å²) in [5, 5.41) is 2.45. The molecule has 112 valence electrons. The van der Waals surface area contributed by atoms with E-state index in [9.17, 15) is 9.18 Å². The van der Waals surface area contributed by atoms with Crippen LogP contribution in [0.25, 0.3) is 0 Å². The van der Waals surface area contributed by atoms with Crippen molar-refractivity contribution in [2.75, 3.05) is 12.5 Å². The van der Waals surface area contributed by atoms with E-state index in [0.717, 1.165) is 12.8 Å². The van der Waals surface area contributed by atoms with Crippen LogP contribution in [0.2, 0.25) is 0 Å². The van der Waals surface area contributed by atoms with Crippen molar-refractivity contribution >= 4 is 17.5 Å². The Morgan fingerprint density at radius 1 is 1.45 bits per heavy atom. The summed E-state index contributed by atoms with van der Waals surface area (Å²) in [7, 11) is 0. The second-order valence-corrected chi connectivity index (χ2v) is 4.96. The predicted octanol–water partition coefficient (Wildman–Crippen LogP) is 3.82. The Balaban J connectivity index is 2.51. The number of hydrogen-bond acceptors (Lipinski definition) is 2. The third-order valence-corrected chi connectivity index (χ3v) is 3.39. The van der Waals surface area contributed by atoms with Crippen molar-refractivity contribution in [3.8, 4) is 0 Å². The lowest BCUT2D eigenvalue weighted by molar-refractivity contribution is -0.117. The number of hydrogen-bond donors (Lipinski definition) is 1. The van der Waals surface area contributed by atoms with Gasteiger partial charge in [-0.05, 0) is 43.9 Å². The van der Waals surface area contributed by atoms with E-state index < -0.39 is 5.83 Å². The molecule has 1 aliphatic rings. The van der Waals surface area contributed by atoms with Gasteiger partial charge in [0.2, 0.25) is 5.91 Å². The molecule has 0 bridgehead atoms. The first-order valence-electron chi connectivity index (χ1n) is 6.84. The normalized spacial score (nSPS) is 17.8. The number of rotatable bonds is 7. The van der Waals surface area contributed by atoms with Crippen molar-refractivity contribution in [3.63, 3.8) is 0 Å². The van der Waals surface area contributed by atoms with Gasteiger partial charge in [-0.15, -0.1) is 11.6 Å². The van der Waals surface area contributed by atoms with Gasteiger partial charge in [0, 0.05) is 6.20 Å². The lowest BCUT2D eigenvalue weighted by Gasteiger charge is -2.12. The maximum absolute atomic E-state index is 13.6.